The minimum Gasteiger partial charge on any atom is -0.394 e. The number of aromatic nitrogens is 2. The number of hydrogen-bond donors (Lipinski definition) is 6. The molecule has 23 heavy (non-hydrogen) atoms. The van der Waals surface area contributed by atoms with Gasteiger partial charge in [0.15, 0.2) is 0 Å². The van der Waals surface area contributed by atoms with Crippen molar-refractivity contribution in [2.24, 2.45) is 5.10 Å². The standard InChI is InChI=1S/C12H18N4O7/c1-6-3-16(12(23)14-11(6)22)4-9(20)15-13-2-7(18)10(21)8(19)5-17/h2-3,7-8,10,17-19,21H,4-5H2,1H3,(H,15,20)(H,14,22,23)/b13-2+/t7-,8+,10+/m0/s1. The second-order valence-corrected chi connectivity index (χ2v) is 4.74. The highest BCUT2D eigenvalue weighted by molar-refractivity contribution is 5.77. The zero-order valence-electron chi connectivity index (χ0n) is 12.2. The van der Waals surface area contributed by atoms with Crippen LogP contribution in [-0.2, 0) is 11.3 Å². The molecule has 128 valence electrons. The van der Waals surface area contributed by atoms with E-state index in [1.165, 1.54) is 13.1 Å². The van der Waals surface area contributed by atoms with E-state index in [4.69, 9.17) is 10.2 Å². The van der Waals surface area contributed by atoms with Crippen molar-refractivity contribution in [3.8, 4) is 0 Å². The Labute approximate surface area is 129 Å². The molecule has 0 fully saturated rings. The number of nitrogens with one attached hydrogen (secondary N) is 2. The SMILES string of the molecule is Cc1cn(CC(=O)N/N=C/[C@H](O)[C@@H](O)[C@H](O)CO)c(=O)[nH]c1=O. The smallest absolute Gasteiger partial charge is 0.328 e. The topological polar surface area (TPSA) is 177 Å². The zero-order chi connectivity index (χ0) is 17.6. The largest absolute Gasteiger partial charge is 0.394 e. The summed E-state index contributed by atoms with van der Waals surface area (Å²) in [5, 5.41) is 39.8. The molecule has 1 aromatic rings. The molecule has 1 heterocycles. The molecule has 6 N–H and O–H groups in total. The Morgan fingerprint density at radius 3 is 2.70 bits per heavy atom. The van der Waals surface area contributed by atoms with Gasteiger partial charge in [0.25, 0.3) is 11.5 Å². The fourth-order valence-electron chi connectivity index (χ4n) is 1.54. The molecule has 0 radical (unpaired) electrons. The van der Waals surface area contributed by atoms with Crippen LogP contribution in [-0.4, -0.2) is 67.0 Å². The maximum absolute atomic E-state index is 11.6. The summed E-state index contributed by atoms with van der Waals surface area (Å²) in [5.41, 5.74) is 0.932. The third-order valence-corrected chi connectivity index (χ3v) is 2.85. The predicted molar refractivity (Wildman–Crippen MR) is 77.8 cm³/mol. The second-order valence-electron chi connectivity index (χ2n) is 4.74. The van der Waals surface area contributed by atoms with E-state index in [-0.39, 0.29) is 5.56 Å². The van der Waals surface area contributed by atoms with E-state index in [1.54, 1.807) is 0 Å². The molecule has 11 heteroatoms. The summed E-state index contributed by atoms with van der Waals surface area (Å²) >= 11 is 0. The maximum Gasteiger partial charge on any atom is 0.328 e. The van der Waals surface area contributed by atoms with Gasteiger partial charge in [-0.15, -0.1) is 0 Å². The first-order valence-corrected chi connectivity index (χ1v) is 6.53. The first-order valence-electron chi connectivity index (χ1n) is 6.53. The molecule has 0 spiro atoms. The van der Waals surface area contributed by atoms with Crippen molar-refractivity contribution in [3.05, 3.63) is 32.6 Å². The number of hydrazone groups is 1. The average molecular weight is 330 g/mol. The number of aliphatic hydroxyl groups is 4. The van der Waals surface area contributed by atoms with Crippen LogP contribution in [0.5, 0.6) is 0 Å². The predicted octanol–water partition coefficient (Wildman–Crippen LogP) is -3.98. The highest BCUT2D eigenvalue weighted by Crippen LogP contribution is 1.97. The Balaban J connectivity index is 2.61. The normalized spacial score (nSPS) is 15.3. The average Bonchev–Trinajstić information content (AvgIpc) is 2.50. The fraction of sp³-hybridized carbons (Fsp3) is 0.500. The molecule has 1 amide bonds. The van der Waals surface area contributed by atoms with E-state index in [1.807, 2.05) is 10.4 Å². The van der Waals surface area contributed by atoms with Crippen molar-refractivity contribution in [1.29, 1.82) is 0 Å². The minimum absolute atomic E-state index is 0.248. The van der Waals surface area contributed by atoms with Crippen LogP contribution in [0.25, 0.3) is 0 Å². The lowest BCUT2D eigenvalue weighted by atomic mass is 10.1. The van der Waals surface area contributed by atoms with Gasteiger partial charge in [0.2, 0.25) is 0 Å². The number of aryl methyl sites for hydroxylation is 1. The Morgan fingerprint density at radius 2 is 2.09 bits per heavy atom. The van der Waals surface area contributed by atoms with Gasteiger partial charge in [-0.3, -0.25) is 19.1 Å². The number of carbonyl (C=O) groups is 1. The van der Waals surface area contributed by atoms with Gasteiger partial charge in [0.05, 0.1) is 12.8 Å². The number of hydrogen-bond acceptors (Lipinski definition) is 8. The Hall–Kier alpha value is -2.34. The van der Waals surface area contributed by atoms with E-state index < -0.39 is 48.6 Å². The van der Waals surface area contributed by atoms with Crippen LogP contribution in [0.1, 0.15) is 5.56 Å². The first kappa shape index (κ1) is 18.7. The van der Waals surface area contributed by atoms with Crippen molar-refractivity contribution < 1.29 is 25.2 Å². The second kappa shape index (κ2) is 8.33. The minimum atomic E-state index is -1.68. The van der Waals surface area contributed by atoms with E-state index in [0.29, 0.717) is 0 Å². The fourth-order valence-corrected chi connectivity index (χ4v) is 1.54. The number of rotatable bonds is 7. The molecule has 0 aliphatic carbocycles. The molecule has 0 aromatic carbocycles. The summed E-state index contributed by atoms with van der Waals surface area (Å²) < 4.78 is 0.961. The number of amides is 1. The quantitative estimate of drug-likeness (QED) is 0.218. The van der Waals surface area contributed by atoms with Crippen LogP contribution in [0.15, 0.2) is 20.9 Å². The lowest BCUT2D eigenvalue weighted by molar-refractivity contribution is -0.121. The third kappa shape index (κ3) is 5.41. The zero-order valence-corrected chi connectivity index (χ0v) is 12.2. The molecule has 1 rings (SSSR count). The summed E-state index contributed by atoms with van der Waals surface area (Å²) in [7, 11) is 0. The van der Waals surface area contributed by atoms with Crippen LogP contribution in [0.4, 0.5) is 0 Å². The molecule has 0 saturated carbocycles. The summed E-state index contributed by atoms with van der Waals surface area (Å²) in [5.74, 6) is -0.723. The van der Waals surface area contributed by atoms with Crippen molar-refractivity contribution in [3.63, 3.8) is 0 Å². The van der Waals surface area contributed by atoms with Crippen LogP contribution in [0.3, 0.4) is 0 Å². The van der Waals surface area contributed by atoms with Gasteiger partial charge in [-0.1, -0.05) is 0 Å². The highest BCUT2D eigenvalue weighted by atomic mass is 16.4. The van der Waals surface area contributed by atoms with Crippen LogP contribution in [0, 0.1) is 6.92 Å². The molecule has 3 atom stereocenters. The van der Waals surface area contributed by atoms with E-state index >= 15 is 0 Å². The molecule has 0 aliphatic heterocycles. The molecular weight excluding hydrogens is 312 g/mol. The van der Waals surface area contributed by atoms with Gasteiger partial charge >= 0.3 is 5.69 Å². The van der Waals surface area contributed by atoms with Gasteiger partial charge in [-0.25, -0.2) is 10.2 Å². The van der Waals surface area contributed by atoms with Crippen molar-refractivity contribution >= 4 is 12.1 Å². The molecular formula is C12H18N4O7. The van der Waals surface area contributed by atoms with Crippen molar-refractivity contribution in [1.82, 2.24) is 15.0 Å². The molecule has 11 nitrogen and oxygen atoms in total. The maximum atomic E-state index is 11.6. The number of aromatic amines is 1. The third-order valence-electron chi connectivity index (χ3n) is 2.85. The monoisotopic (exact) mass is 330 g/mol. The number of nitrogens with zero attached hydrogens (tertiary/aromatic N) is 2. The van der Waals surface area contributed by atoms with Crippen molar-refractivity contribution in [2.75, 3.05) is 6.61 Å². The number of H-pyrrole nitrogens is 1. The molecule has 0 bridgehead atoms. The highest BCUT2D eigenvalue weighted by Gasteiger charge is 2.22. The van der Waals surface area contributed by atoms with E-state index in [0.717, 1.165) is 10.8 Å². The van der Waals surface area contributed by atoms with Gasteiger partial charge in [0.1, 0.15) is 24.9 Å². The Bertz CT molecular complexity index is 681. The van der Waals surface area contributed by atoms with Gasteiger partial charge < -0.3 is 20.4 Å². The summed E-state index contributed by atoms with van der Waals surface area (Å²) in [6.45, 7) is 0.285. The van der Waals surface area contributed by atoms with Gasteiger partial charge in [-0.05, 0) is 6.92 Å². The summed E-state index contributed by atoms with van der Waals surface area (Å²) in [6, 6.07) is 0. The summed E-state index contributed by atoms with van der Waals surface area (Å²) in [6.07, 6.45) is -2.89. The van der Waals surface area contributed by atoms with Crippen LogP contribution < -0.4 is 16.7 Å². The van der Waals surface area contributed by atoms with Gasteiger partial charge in [-0.2, -0.15) is 5.10 Å². The number of carbonyl (C=O) groups excluding carboxylic acids is 1. The Morgan fingerprint density at radius 1 is 1.43 bits per heavy atom. The molecule has 0 aliphatic rings. The lowest BCUT2D eigenvalue weighted by Gasteiger charge is -2.17. The van der Waals surface area contributed by atoms with Crippen molar-refractivity contribution in [2.45, 2.75) is 31.8 Å². The van der Waals surface area contributed by atoms with Crippen LogP contribution in [0.2, 0.25) is 0 Å². The molecule has 0 unspecified atom stereocenters. The van der Waals surface area contributed by atoms with E-state index in [9.17, 15) is 24.6 Å². The first-order chi connectivity index (χ1) is 10.8. The van der Waals surface area contributed by atoms with Crippen LogP contribution >= 0.6 is 0 Å². The number of aliphatic hydroxyl groups excluding tert-OH is 4. The lowest BCUT2D eigenvalue weighted by Crippen LogP contribution is -2.41. The molecule has 1 aromatic heterocycles. The summed E-state index contributed by atoms with van der Waals surface area (Å²) in [4.78, 5) is 36.3. The Kier molecular flexibility index (Phi) is 6.78. The van der Waals surface area contributed by atoms with E-state index in [2.05, 4.69) is 5.10 Å². The molecule has 0 saturated heterocycles. The van der Waals surface area contributed by atoms with Gasteiger partial charge in [0, 0.05) is 11.8 Å².